The first-order valence-electron chi connectivity index (χ1n) is 24.3. The number of ether oxygens (including phenoxy) is 3. The second-order valence-corrected chi connectivity index (χ2v) is 19.8. The van der Waals surface area contributed by atoms with Crippen molar-refractivity contribution < 1.29 is 81.6 Å². The average Bonchev–Trinajstić information content (AvgIpc) is 4.03. The van der Waals surface area contributed by atoms with Gasteiger partial charge in [0.15, 0.2) is 6.10 Å². The molecular weight excluding hydrogens is 898 g/mol. The number of carbonyl (C=O) groups is 2. The van der Waals surface area contributed by atoms with Crippen molar-refractivity contribution in [2.75, 3.05) is 13.2 Å². The number of phosphoric acid groups is 2. The normalized spacial score (nSPS) is 25.0. The maximum absolute atomic E-state index is 13.0. The van der Waals surface area contributed by atoms with Gasteiger partial charge in [-0.1, -0.05) is 127 Å². The highest BCUT2D eigenvalue weighted by Gasteiger charge is 2.54. The number of aliphatic hydroxyl groups is 4. The van der Waals surface area contributed by atoms with Gasteiger partial charge in [0, 0.05) is 12.8 Å². The molecule has 2 aliphatic rings. The Kier molecular flexibility index (Phi) is 31.9. The van der Waals surface area contributed by atoms with E-state index in [9.17, 15) is 53.8 Å². The molecule has 1 heterocycles. The van der Waals surface area contributed by atoms with Crippen molar-refractivity contribution in [1.82, 2.24) is 0 Å². The average molecular weight is 981 g/mol. The molecule has 7 unspecified atom stereocenters. The summed E-state index contributed by atoms with van der Waals surface area (Å²) < 4.78 is 55.1. The fourth-order valence-corrected chi connectivity index (χ4v) is 8.89. The fraction of sp³-hybridized carbons (Fsp3) is 0.787. The van der Waals surface area contributed by atoms with E-state index in [0.29, 0.717) is 25.4 Å². The first-order valence-corrected chi connectivity index (χ1v) is 27.3. The van der Waals surface area contributed by atoms with Crippen LogP contribution in [0, 0.1) is 0 Å². The fourth-order valence-electron chi connectivity index (χ4n) is 7.35. The molecule has 0 radical (unpaired) electrons. The monoisotopic (exact) mass is 981 g/mol. The standard InChI is InChI=1S/C47H82O17P2/c1-3-5-7-9-11-12-13-14-15-16-17-18-21-25-29-33-40(48)59-35-37(36-60-66(57,58)64-47-44(52)42(50)43(51)46(45(47)53)63-65(54,55)56)61-41(49)34-30-26-22-19-20-24-28-32-39-38(62-39)31-27-23-10-8-6-4-2/h12-13,19,22-24,27-28,37-39,42-47,50-53H,3-11,14-18,20-21,25-26,29-36H2,1-2H3,(H,57,58)(H2,54,55,56)/b13-12-,22-19-,27-23-,28-24-/t37-,38?,39?,42?,43?,44?,45?,46-,47+/m1/s1. The van der Waals surface area contributed by atoms with Gasteiger partial charge in [-0.3, -0.25) is 23.2 Å². The minimum absolute atomic E-state index is 0.0389. The van der Waals surface area contributed by atoms with Crippen LogP contribution in [0.4, 0.5) is 0 Å². The minimum Gasteiger partial charge on any atom is -0.462 e. The van der Waals surface area contributed by atoms with E-state index in [1.807, 2.05) is 12.2 Å². The minimum atomic E-state index is -5.37. The van der Waals surface area contributed by atoms with Gasteiger partial charge in [0.1, 0.15) is 43.2 Å². The molecule has 2 fully saturated rings. The number of epoxide rings is 1. The Bertz CT molecular complexity index is 1530. The summed E-state index contributed by atoms with van der Waals surface area (Å²) >= 11 is 0. The summed E-state index contributed by atoms with van der Waals surface area (Å²) in [5.41, 5.74) is 0. The zero-order chi connectivity index (χ0) is 48.6. The second kappa shape index (κ2) is 35.1. The Balaban J connectivity index is 1.81. The Morgan fingerprint density at radius 3 is 1.64 bits per heavy atom. The lowest BCUT2D eigenvalue weighted by Crippen LogP contribution is -2.64. The van der Waals surface area contributed by atoms with Gasteiger partial charge in [-0.25, -0.2) is 9.13 Å². The molecule has 0 bridgehead atoms. The highest BCUT2D eigenvalue weighted by Crippen LogP contribution is 2.49. The number of unbranched alkanes of at least 4 members (excludes halogenated alkanes) is 15. The number of esters is 2. The number of aliphatic hydroxyl groups excluding tert-OH is 4. The van der Waals surface area contributed by atoms with Crippen LogP contribution in [0.5, 0.6) is 0 Å². The van der Waals surface area contributed by atoms with Crippen molar-refractivity contribution in [3.05, 3.63) is 48.6 Å². The summed E-state index contributed by atoms with van der Waals surface area (Å²) in [6, 6.07) is 0. The Hall–Kier alpha value is -2.08. The van der Waals surface area contributed by atoms with Gasteiger partial charge < -0.3 is 49.3 Å². The van der Waals surface area contributed by atoms with E-state index in [1.54, 1.807) is 0 Å². The van der Waals surface area contributed by atoms with Crippen molar-refractivity contribution in [2.24, 2.45) is 0 Å². The molecule has 382 valence electrons. The quantitative estimate of drug-likeness (QED) is 0.0100. The molecule has 1 aliphatic heterocycles. The molecule has 0 aromatic rings. The third kappa shape index (κ3) is 28.4. The van der Waals surface area contributed by atoms with Gasteiger partial charge in [-0.2, -0.15) is 0 Å². The van der Waals surface area contributed by atoms with Gasteiger partial charge >= 0.3 is 27.6 Å². The highest BCUT2D eigenvalue weighted by atomic mass is 31.2. The van der Waals surface area contributed by atoms with Crippen LogP contribution in [-0.2, 0) is 46.5 Å². The lowest BCUT2D eigenvalue weighted by Gasteiger charge is -2.43. The molecule has 7 N–H and O–H groups in total. The van der Waals surface area contributed by atoms with Crippen molar-refractivity contribution in [1.29, 1.82) is 0 Å². The van der Waals surface area contributed by atoms with Gasteiger partial charge in [0.25, 0.3) is 0 Å². The molecule has 1 saturated carbocycles. The van der Waals surface area contributed by atoms with E-state index in [-0.39, 0.29) is 18.9 Å². The summed E-state index contributed by atoms with van der Waals surface area (Å²) in [6.07, 6.45) is 25.3. The summed E-state index contributed by atoms with van der Waals surface area (Å²) in [6.45, 7) is 3.01. The molecule has 17 nitrogen and oxygen atoms in total. The van der Waals surface area contributed by atoms with E-state index in [4.69, 9.17) is 23.3 Å². The number of rotatable bonds is 39. The van der Waals surface area contributed by atoms with Gasteiger partial charge in [0.05, 0.1) is 18.8 Å². The van der Waals surface area contributed by atoms with Crippen molar-refractivity contribution in [2.45, 2.75) is 223 Å². The smallest absolute Gasteiger partial charge is 0.462 e. The maximum atomic E-state index is 13.0. The van der Waals surface area contributed by atoms with Gasteiger partial charge in [0.2, 0.25) is 0 Å². The number of phosphoric ester groups is 2. The summed E-state index contributed by atoms with van der Waals surface area (Å²) in [5, 5.41) is 41.3. The molecule has 0 amide bonds. The largest absolute Gasteiger partial charge is 0.472 e. The molecule has 0 spiro atoms. The van der Waals surface area contributed by atoms with Crippen LogP contribution in [0.1, 0.15) is 168 Å². The molecule has 1 saturated heterocycles. The molecule has 0 aromatic heterocycles. The lowest BCUT2D eigenvalue weighted by molar-refractivity contribution is -0.216. The van der Waals surface area contributed by atoms with Crippen LogP contribution in [0.2, 0.25) is 0 Å². The van der Waals surface area contributed by atoms with Crippen LogP contribution in [0.3, 0.4) is 0 Å². The number of carbonyl (C=O) groups excluding carboxylic acids is 2. The summed E-state index contributed by atoms with van der Waals surface area (Å²) in [4.78, 5) is 54.3. The number of hydrogen-bond donors (Lipinski definition) is 7. The Morgan fingerprint density at radius 2 is 1.02 bits per heavy atom. The van der Waals surface area contributed by atoms with E-state index >= 15 is 0 Å². The van der Waals surface area contributed by atoms with Gasteiger partial charge in [-0.05, 0) is 77.0 Å². The second-order valence-electron chi connectivity index (χ2n) is 17.2. The zero-order valence-electron chi connectivity index (χ0n) is 39.3. The van der Waals surface area contributed by atoms with E-state index in [1.165, 1.54) is 44.9 Å². The van der Waals surface area contributed by atoms with Gasteiger partial charge in [-0.15, -0.1) is 0 Å². The molecule has 2 rings (SSSR count). The van der Waals surface area contributed by atoms with Crippen molar-refractivity contribution >= 4 is 27.6 Å². The molecule has 0 aromatic carbocycles. The SMILES string of the molecule is CCCCC/C=C\CC1OC1C/C=C\C/C=C\CCCC(=O)O[C@H](COC(=O)CCCCCCCCC/C=C\CCCCCC)COP(=O)(O)O[C@H]1C(O)C(O)C(O)[C@@H](OP(=O)(O)O)C1O. The van der Waals surface area contributed by atoms with Crippen LogP contribution < -0.4 is 0 Å². The molecule has 19 heteroatoms. The van der Waals surface area contributed by atoms with Crippen LogP contribution in [0.25, 0.3) is 0 Å². The molecule has 66 heavy (non-hydrogen) atoms. The van der Waals surface area contributed by atoms with Crippen LogP contribution in [-0.4, -0.2) is 115 Å². The third-order valence-corrected chi connectivity index (χ3v) is 12.8. The first-order chi connectivity index (χ1) is 31.6. The molecule has 1 aliphatic carbocycles. The van der Waals surface area contributed by atoms with E-state index < -0.39 is 83.5 Å². The van der Waals surface area contributed by atoms with E-state index in [0.717, 1.165) is 77.0 Å². The Labute approximate surface area is 392 Å². The van der Waals surface area contributed by atoms with Crippen molar-refractivity contribution in [3.8, 4) is 0 Å². The maximum Gasteiger partial charge on any atom is 0.472 e. The van der Waals surface area contributed by atoms with Crippen LogP contribution in [0.15, 0.2) is 48.6 Å². The molecular formula is C47H82O17P2. The lowest BCUT2D eigenvalue weighted by atomic mass is 9.85. The van der Waals surface area contributed by atoms with Crippen molar-refractivity contribution in [3.63, 3.8) is 0 Å². The summed E-state index contributed by atoms with van der Waals surface area (Å²) in [5.74, 6) is -1.28. The first kappa shape index (κ1) is 60.0. The Morgan fingerprint density at radius 1 is 0.545 bits per heavy atom. The number of allylic oxidation sites excluding steroid dienone is 6. The number of hydrogen-bond acceptors (Lipinski definition) is 14. The van der Waals surface area contributed by atoms with Crippen LogP contribution >= 0.6 is 15.6 Å². The predicted octanol–water partition coefficient (Wildman–Crippen LogP) is 8.27. The topological polar surface area (TPSA) is 269 Å². The summed E-state index contributed by atoms with van der Waals surface area (Å²) in [7, 11) is -10.7. The highest BCUT2D eigenvalue weighted by molar-refractivity contribution is 7.47. The zero-order valence-corrected chi connectivity index (χ0v) is 41.1. The van der Waals surface area contributed by atoms with E-state index in [2.05, 4.69) is 54.8 Å². The third-order valence-electron chi connectivity index (χ3n) is 11.3. The predicted molar refractivity (Wildman–Crippen MR) is 250 cm³/mol. The molecule has 10 atom stereocenters.